The van der Waals surface area contributed by atoms with Crippen molar-refractivity contribution in [2.75, 3.05) is 39.5 Å². The Morgan fingerprint density at radius 1 is 1.14 bits per heavy atom. The van der Waals surface area contributed by atoms with Crippen LogP contribution >= 0.6 is 0 Å². The van der Waals surface area contributed by atoms with Crippen LogP contribution in [-0.2, 0) is 14.3 Å². The zero-order chi connectivity index (χ0) is 15.7. The Labute approximate surface area is 129 Å². The Hall–Kier alpha value is -0.650. The van der Waals surface area contributed by atoms with E-state index in [-0.39, 0.29) is 17.9 Å². The summed E-state index contributed by atoms with van der Waals surface area (Å²) < 4.78 is 10.8. The molecule has 5 heteroatoms. The van der Waals surface area contributed by atoms with Gasteiger partial charge in [-0.3, -0.25) is 4.79 Å². The van der Waals surface area contributed by atoms with Crippen LogP contribution in [0.15, 0.2) is 0 Å². The van der Waals surface area contributed by atoms with Crippen LogP contribution in [0.25, 0.3) is 0 Å². The largest absolute Gasteiger partial charge is 0.380 e. The fraction of sp³-hybridized carbons (Fsp3) is 0.938. The second-order valence-electron chi connectivity index (χ2n) is 5.91. The fourth-order valence-electron chi connectivity index (χ4n) is 2.89. The molecule has 0 bridgehead atoms. The van der Waals surface area contributed by atoms with Gasteiger partial charge >= 0.3 is 0 Å². The molecule has 0 saturated heterocycles. The summed E-state index contributed by atoms with van der Waals surface area (Å²) in [4.78, 5) is 14.6. The third-order valence-electron chi connectivity index (χ3n) is 4.21. The first-order valence-electron chi connectivity index (χ1n) is 8.29. The lowest BCUT2D eigenvalue weighted by Crippen LogP contribution is -2.48. The van der Waals surface area contributed by atoms with Gasteiger partial charge in [0.05, 0.1) is 19.1 Å². The summed E-state index contributed by atoms with van der Waals surface area (Å²) in [5, 5.41) is 0. The molecule has 124 valence electrons. The van der Waals surface area contributed by atoms with Crippen LogP contribution in [0.5, 0.6) is 0 Å². The molecule has 1 aliphatic rings. The Morgan fingerprint density at radius 2 is 1.71 bits per heavy atom. The Morgan fingerprint density at radius 3 is 2.24 bits per heavy atom. The predicted molar refractivity (Wildman–Crippen MR) is 84.0 cm³/mol. The lowest BCUT2D eigenvalue weighted by atomic mass is 9.78. The SMILES string of the molecule is CCOCCN(CCOCC)C(=O)C1CC(C)CCC1N. The predicted octanol–water partition coefficient (Wildman–Crippen LogP) is 1.65. The minimum absolute atomic E-state index is 0.00427. The molecule has 0 aromatic rings. The molecule has 1 fully saturated rings. The van der Waals surface area contributed by atoms with E-state index in [1.54, 1.807) is 0 Å². The first kappa shape index (κ1) is 18.4. The van der Waals surface area contributed by atoms with Gasteiger partial charge in [-0.2, -0.15) is 0 Å². The van der Waals surface area contributed by atoms with Crippen molar-refractivity contribution >= 4 is 5.91 Å². The van der Waals surface area contributed by atoms with Crippen molar-refractivity contribution in [1.29, 1.82) is 0 Å². The third-order valence-corrected chi connectivity index (χ3v) is 4.21. The van der Waals surface area contributed by atoms with Crippen molar-refractivity contribution in [3.63, 3.8) is 0 Å². The highest BCUT2D eigenvalue weighted by molar-refractivity contribution is 5.79. The molecule has 1 amide bonds. The van der Waals surface area contributed by atoms with Gasteiger partial charge in [0, 0.05) is 32.3 Å². The van der Waals surface area contributed by atoms with E-state index in [1.807, 2.05) is 18.7 Å². The van der Waals surface area contributed by atoms with Crippen molar-refractivity contribution in [1.82, 2.24) is 4.90 Å². The maximum Gasteiger partial charge on any atom is 0.227 e. The minimum atomic E-state index is -0.0444. The van der Waals surface area contributed by atoms with Gasteiger partial charge in [0.25, 0.3) is 0 Å². The lowest BCUT2D eigenvalue weighted by molar-refractivity contribution is -0.139. The molecule has 1 aliphatic carbocycles. The van der Waals surface area contributed by atoms with E-state index >= 15 is 0 Å². The Kier molecular flexibility index (Phi) is 8.88. The smallest absolute Gasteiger partial charge is 0.227 e. The zero-order valence-corrected chi connectivity index (χ0v) is 13.8. The van der Waals surface area contributed by atoms with E-state index < -0.39 is 0 Å². The number of ether oxygens (including phenoxy) is 2. The van der Waals surface area contributed by atoms with Crippen LogP contribution in [0.3, 0.4) is 0 Å². The third kappa shape index (κ3) is 6.32. The molecule has 0 heterocycles. The summed E-state index contributed by atoms with van der Waals surface area (Å²) in [7, 11) is 0. The molecule has 5 nitrogen and oxygen atoms in total. The monoisotopic (exact) mass is 300 g/mol. The highest BCUT2D eigenvalue weighted by atomic mass is 16.5. The Bertz CT molecular complexity index is 289. The van der Waals surface area contributed by atoms with Crippen LogP contribution in [-0.4, -0.2) is 56.4 Å². The van der Waals surface area contributed by atoms with Gasteiger partial charge in [-0.05, 0) is 39.0 Å². The second-order valence-corrected chi connectivity index (χ2v) is 5.91. The number of nitrogens with zero attached hydrogens (tertiary/aromatic N) is 1. The van der Waals surface area contributed by atoms with Gasteiger partial charge in [0.1, 0.15) is 0 Å². The van der Waals surface area contributed by atoms with E-state index in [0.29, 0.717) is 45.4 Å². The van der Waals surface area contributed by atoms with Crippen LogP contribution in [0.2, 0.25) is 0 Å². The summed E-state index contributed by atoms with van der Waals surface area (Å²) in [6, 6.07) is -0.00427. The standard InChI is InChI=1S/C16H32N2O3/c1-4-20-10-8-18(9-11-21-5-2)16(19)14-12-13(3)6-7-15(14)17/h13-15H,4-12,17H2,1-3H3. The first-order chi connectivity index (χ1) is 10.1. The van der Waals surface area contributed by atoms with E-state index in [0.717, 1.165) is 19.3 Å². The van der Waals surface area contributed by atoms with Crippen LogP contribution in [0.4, 0.5) is 0 Å². The molecule has 21 heavy (non-hydrogen) atoms. The molecular formula is C16H32N2O3. The molecule has 3 atom stereocenters. The van der Waals surface area contributed by atoms with Crippen molar-refractivity contribution < 1.29 is 14.3 Å². The first-order valence-corrected chi connectivity index (χ1v) is 8.29. The molecule has 0 aliphatic heterocycles. The van der Waals surface area contributed by atoms with Gasteiger partial charge in [0.2, 0.25) is 5.91 Å². The summed E-state index contributed by atoms with van der Waals surface area (Å²) in [6.45, 7) is 9.88. The van der Waals surface area contributed by atoms with E-state index in [1.165, 1.54) is 0 Å². The maximum absolute atomic E-state index is 12.8. The van der Waals surface area contributed by atoms with Gasteiger partial charge in [-0.25, -0.2) is 0 Å². The number of rotatable bonds is 9. The molecule has 0 aromatic carbocycles. The number of amides is 1. The fourth-order valence-corrected chi connectivity index (χ4v) is 2.89. The Balaban J connectivity index is 2.58. The van der Waals surface area contributed by atoms with Crippen molar-refractivity contribution in [3.05, 3.63) is 0 Å². The van der Waals surface area contributed by atoms with Crippen molar-refractivity contribution in [2.45, 2.75) is 46.1 Å². The van der Waals surface area contributed by atoms with Crippen molar-refractivity contribution in [2.24, 2.45) is 17.6 Å². The number of carbonyl (C=O) groups excluding carboxylic acids is 1. The summed E-state index contributed by atoms with van der Waals surface area (Å²) in [5.74, 6) is 0.713. The number of nitrogens with two attached hydrogens (primary N) is 1. The maximum atomic E-state index is 12.8. The normalized spacial score (nSPS) is 25.8. The van der Waals surface area contributed by atoms with E-state index in [9.17, 15) is 4.79 Å². The molecule has 1 rings (SSSR count). The number of carbonyl (C=O) groups is 1. The van der Waals surface area contributed by atoms with Gasteiger partial charge in [-0.15, -0.1) is 0 Å². The topological polar surface area (TPSA) is 64.8 Å². The average Bonchev–Trinajstić information content (AvgIpc) is 2.48. The summed E-state index contributed by atoms with van der Waals surface area (Å²) in [6.07, 6.45) is 2.98. The highest BCUT2D eigenvalue weighted by Crippen LogP contribution is 2.29. The summed E-state index contributed by atoms with van der Waals surface area (Å²) in [5.41, 5.74) is 6.18. The molecule has 0 radical (unpaired) electrons. The lowest BCUT2D eigenvalue weighted by Gasteiger charge is -2.35. The number of hydrogen-bond donors (Lipinski definition) is 1. The van der Waals surface area contributed by atoms with E-state index in [2.05, 4.69) is 6.92 Å². The van der Waals surface area contributed by atoms with Gasteiger partial charge < -0.3 is 20.1 Å². The minimum Gasteiger partial charge on any atom is -0.380 e. The number of hydrogen-bond acceptors (Lipinski definition) is 4. The second kappa shape index (κ2) is 10.1. The average molecular weight is 300 g/mol. The van der Waals surface area contributed by atoms with Crippen molar-refractivity contribution in [3.8, 4) is 0 Å². The summed E-state index contributed by atoms with van der Waals surface area (Å²) >= 11 is 0. The molecule has 0 aromatic heterocycles. The molecule has 2 N–H and O–H groups in total. The van der Waals surface area contributed by atoms with Crippen LogP contribution in [0.1, 0.15) is 40.0 Å². The molecule has 3 unspecified atom stereocenters. The zero-order valence-electron chi connectivity index (χ0n) is 13.8. The molecule has 0 spiro atoms. The van der Waals surface area contributed by atoms with Gasteiger partial charge in [0.15, 0.2) is 0 Å². The van der Waals surface area contributed by atoms with Gasteiger partial charge in [-0.1, -0.05) is 6.92 Å². The highest BCUT2D eigenvalue weighted by Gasteiger charge is 2.34. The quantitative estimate of drug-likeness (QED) is 0.658. The van der Waals surface area contributed by atoms with Crippen LogP contribution in [0, 0.1) is 11.8 Å². The van der Waals surface area contributed by atoms with E-state index in [4.69, 9.17) is 15.2 Å². The molecule has 1 saturated carbocycles. The molecular weight excluding hydrogens is 268 g/mol. The van der Waals surface area contributed by atoms with Crippen LogP contribution < -0.4 is 5.73 Å².